The van der Waals surface area contributed by atoms with Gasteiger partial charge in [-0.05, 0) is 99.7 Å². The maximum absolute atomic E-state index is 13.3. The number of nitrogens with zero attached hydrogens (tertiary/aromatic N) is 3. The summed E-state index contributed by atoms with van der Waals surface area (Å²) in [6.45, 7) is 9.78. The number of carbonyl (C=O) groups excluding carboxylic acids is 2. The average molecular weight is 531 g/mol. The van der Waals surface area contributed by atoms with E-state index in [4.69, 9.17) is 9.47 Å². The van der Waals surface area contributed by atoms with Crippen LogP contribution in [0, 0.1) is 6.92 Å². The van der Waals surface area contributed by atoms with Crippen LogP contribution in [0.1, 0.15) is 74.8 Å². The predicted molar refractivity (Wildman–Crippen MR) is 149 cm³/mol. The largest absolute Gasteiger partial charge is 0.444 e. The van der Waals surface area contributed by atoms with Crippen LogP contribution in [0.15, 0.2) is 30.6 Å². The molecule has 2 fully saturated rings. The Balaban J connectivity index is 1.38. The average Bonchev–Trinajstić information content (AvgIpc) is 3.47. The van der Waals surface area contributed by atoms with Crippen molar-refractivity contribution in [2.75, 3.05) is 19.7 Å². The quantitative estimate of drug-likeness (QED) is 0.459. The standard InChI is InChI=1S/C31H38N4O4/c1-19-15-32-29-24(19)14-22(16-33-29)21-12-20-9-11-34(28(36)18-38-23-7-8-23)17-26(20)25(13-21)27-6-5-10-35(27)30(37)39-31(2,3)4/h12-16,23,27H,5-11,17-18H2,1-4H3,(H,32,33)/t27-/m0/s1. The fraction of sp³-hybridized carbons (Fsp3) is 0.516. The maximum Gasteiger partial charge on any atom is 0.410 e. The lowest BCUT2D eigenvalue weighted by Crippen LogP contribution is -2.40. The summed E-state index contributed by atoms with van der Waals surface area (Å²) < 4.78 is 11.5. The van der Waals surface area contributed by atoms with Crippen molar-refractivity contribution < 1.29 is 19.1 Å². The second-order valence-corrected chi connectivity index (χ2v) is 12.2. The fourth-order valence-corrected chi connectivity index (χ4v) is 5.81. The molecule has 0 bridgehead atoms. The van der Waals surface area contributed by atoms with Gasteiger partial charge in [0.15, 0.2) is 0 Å². The summed E-state index contributed by atoms with van der Waals surface area (Å²) in [5.74, 6) is 0.0376. The van der Waals surface area contributed by atoms with Crippen molar-refractivity contribution in [1.29, 1.82) is 0 Å². The van der Waals surface area contributed by atoms with Crippen LogP contribution in [0.5, 0.6) is 0 Å². The molecule has 8 nitrogen and oxygen atoms in total. The number of aromatic nitrogens is 2. The van der Waals surface area contributed by atoms with Gasteiger partial charge in [-0.3, -0.25) is 4.79 Å². The summed E-state index contributed by atoms with van der Waals surface area (Å²) in [5.41, 5.74) is 7.10. The number of aryl methyl sites for hydroxylation is 1. The summed E-state index contributed by atoms with van der Waals surface area (Å²) in [5, 5.41) is 1.11. The van der Waals surface area contributed by atoms with E-state index >= 15 is 0 Å². The number of pyridine rings is 1. The highest BCUT2D eigenvalue weighted by molar-refractivity contribution is 5.85. The summed E-state index contributed by atoms with van der Waals surface area (Å²) in [6, 6.07) is 6.55. The van der Waals surface area contributed by atoms with Crippen LogP contribution in [0.2, 0.25) is 0 Å². The topological polar surface area (TPSA) is 87.8 Å². The lowest BCUT2D eigenvalue weighted by atomic mass is 9.86. The molecule has 0 spiro atoms. The molecule has 39 heavy (non-hydrogen) atoms. The van der Waals surface area contributed by atoms with Gasteiger partial charge in [0.2, 0.25) is 5.91 Å². The van der Waals surface area contributed by atoms with E-state index in [0.29, 0.717) is 19.6 Å². The van der Waals surface area contributed by atoms with Gasteiger partial charge in [0.1, 0.15) is 17.9 Å². The van der Waals surface area contributed by atoms with Gasteiger partial charge in [-0.15, -0.1) is 0 Å². The second kappa shape index (κ2) is 9.97. The summed E-state index contributed by atoms with van der Waals surface area (Å²) in [6.07, 6.45) is 8.51. The Bertz CT molecular complexity index is 1420. The minimum Gasteiger partial charge on any atom is -0.444 e. The van der Waals surface area contributed by atoms with E-state index in [1.165, 1.54) is 5.56 Å². The summed E-state index contributed by atoms with van der Waals surface area (Å²) >= 11 is 0. The molecule has 1 aromatic carbocycles. The first-order valence-corrected chi connectivity index (χ1v) is 14.1. The minimum absolute atomic E-state index is 0.0376. The molecule has 1 aliphatic carbocycles. The molecule has 1 saturated heterocycles. The van der Waals surface area contributed by atoms with Crippen LogP contribution >= 0.6 is 0 Å². The smallest absolute Gasteiger partial charge is 0.410 e. The van der Waals surface area contributed by atoms with E-state index in [2.05, 4.69) is 35.1 Å². The van der Waals surface area contributed by atoms with Crippen LogP contribution in [0.4, 0.5) is 4.79 Å². The molecule has 2 amide bonds. The zero-order valence-corrected chi connectivity index (χ0v) is 23.4. The predicted octanol–water partition coefficient (Wildman–Crippen LogP) is 5.67. The second-order valence-electron chi connectivity index (χ2n) is 12.2. The van der Waals surface area contributed by atoms with Gasteiger partial charge in [-0.2, -0.15) is 0 Å². The molecule has 6 rings (SSSR count). The highest BCUT2D eigenvalue weighted by atomic mass is 16.6. The number of hydrogen-bond acceptors (Lipinski definition) is 5. The van der Waals surface area contributed by atoms with Crippen molar-refractivity contribution in [2.24, 2.45) is 0 Å². The fourth-order valence-electron chi connectivity index (χ4n) is 5.81. The number of aromatic amines is 1. The Kier molecular flexibility index (Phi) is 6.61. The number of fused-ring (bicyclic) bond motifs is 2. The SMILES string of the molecule is Cc1c[nH]c2ncc(-c3cc4c(c([C@@H]5CCCN5C(=O)OC(C)(C)C)c3)CN(C(=O)COC3CC3)CC4)cc12. The number of amides is 2. The van der Waals surface area contributed by atoms with Gasteiger partial charge < -0.3 is 24.3 Å². The molecular formula is C31H38N4O4. The Morgan fingerprint density at radius 1 is 1.10 bits per heavy atom. The zero-order chi connectivity index (χ0) is 27.3. The van der Waals surface area contributed by atoms with E-state index in [1.54, 1.807) is 0 Å². The molecule has 2 aliphatic heterocycles. The van der Waals surface area contributed by atoms with Gasteiger partial charge in [0, 0.05) is 43.0 Å². The molecule has 4 heterocycles. The first-order chi connectivity index (χ1) is 18.7. The van der Waals surface area contributed by atoms with E-state index in [1.807, 2.05) is 43.0 Å². The number of ether oxygens (including phenoxy) is 2. The van der Waals surface area contributed by atoms with Gasteiger partial charge >= 0.3 is 6.09 Å². The van der Waals surface area contributed by atoms with E-state index in [-0.39, 0.29) is 30.8 Å². The molecule has 3 aliphatic rings. The monoisotopic (exact) mass is 530 g/mol. The number of H-pyrrole nitrogens is 1. The molecule has 0 radical (unpaired) electrons. The number of hydrogen-bond donors (Lipinski definition) is 1. The number of likely N-dealkylation sites (tertiary alicyclic amines) is 1. The Morgan fingerprint density at radius 2 is 1.92 bits per heavy atom. The molecule has 206 valence electrons. The molecule has 1 N–H and O–H groups in total. The third-order valence-electron chi connectivity index (χ3n) is 8.01. The van der Waals surface area contributed by atoms with Crippen molar-refractivity contribution in [3.8, 4) is 11.1 Å². The Labute approximate surface area is 229 Å². The molecule has 1 saturated carbocycles. The number of benzene rings is 1. The van der Waals surface area contributed by atoms with Gasteiger partial charge in [-0.1, -0.05) is 6.07 Å². The summed E-state index contributed by atoms with van der Waals surface area (Å²) in [7, 11) is 0. The maximum atomic E-state index is 13.3. The summed E-state index contributed by atoms with van der Waals surface area (Å²) in [4.78, 5) is 38.0. The van der Waals surface area contributed by atoms with Crippen molar-refractivity contribution in [1.82, 2.24) is 19.8 Å². The number of nitrogens with one attached hydrogen (secondary N) is 1. The molecule has 2 aromatic heterocycles. The Morgan fingerprint density at radius 3 is 2.69 bits per heavy atom. The van der Waals surface area contributed by atoms with Crippen molar-refractivity contribution in [2.45, 2.75) is 84.1 Å². The van der Waals surface area contributed by atoms with Gasteiger partial charge in [0.05, 0.1) is 12.1 Å². The van der Waals surface area contributed by atoms with Crippen molar-refractivity contribution in [3.05, 3.63) is 52.8 Å². The van der Waals surface area contributed by atoms with Crippen molar-refractivity contribution >= 4 is 23.0 Å². The van der Waals surface area contributed by atoms with E-state index in [9.17, 15) is 9.59 Å². The zero-order valence-electron chi connectivity index (χ0n) is 23.4. The first-order valence-electron chi connectivity index (χ1n) is 14.1. The highest BCUT2D eigenvalue weighted by Gasteiger charge is 2.36. The third kappa shape index (κ3) is 5.39. The van der Waals surface area contributed by atoms with Crippen molar-refractivity contribution in [3.63, 3.8) is 0 Å². The normalized spacial score (nSPS) is 19.4. The first kappa shape index (κ1) is 25.9. The lowest BCUT2D eigenvalue weighted by molar-refractivity contribution is -0.137. The van der Waals surface area contributed by atoms with Crippen LogP contribution in [-0.2, 0) is 27.2 Å². The van der Waals surface area contributed by atoms with Crippen LogP contribution in [-0.4, -0.2) is 63.2 Å². The van der Waals surface area contributed by atoms with Crippen LogP contribution in [0.25, 0.3) is 22.2 Å². The molecular weight excluding hydrogens is 492 g/mol. The number of carbonyl (C=O) groups is 2. The van der Waals surface area contributed by atoms with Gasteiger partial charge in [-0.25, -0.2) is 9.78 Å². The van der Waals surface area contributed by atoms with Crippen LogP contribution in [0.3, 0.4) is 0 Å². The molecule has 8 heteroatoms. The molecule has 0 unspecified atom stereocenters. The Hall–Kier alpha value is -3.39. The minimum atomic E-state index is -0.564. The van der Waals surface area contributed by atoms with E-state index < -0.39 is 5.60 Å². The van der Waals surface area contributed by atoms with Gasteiger partial charge in [0.25, 0.3) is 0 Å². The van der Waals surface area contributed by atoms with Crippen LogP contribution < -0.4 is 0 Å². The van der Waals surface area contributed by atoms with E-state index in [0.717, 1.165) is 71.0 Å². The number of rotatable bonds is 5. The third-order valence-corrected chi connectivity index (χ3v) is 8.01. The molecule has 1 atom stereocenters. The molecule has 3 aromatic rings. The highest BCUT2D eigenvalue weighted by Crippen LogP contribution is 2.40. The lowest BCUT2D eigenvalue weighted by Gasteiger charge is -2.35.